The molecule has 0 amide bonds. The van der Waals surface area contributed by atoms with E-state index in [0.717, 1.165) is 9.55 Å². The Hall–Kier alpha value is -1.17. The molecule has 1 aliphatic carbocycles. The Labute approximate surface area is 121 Å². The van der Waals surface area contributed by atoms with Crippen LogP contribution in [0.5, 0.6) is 0 Å². The molecule has 1 aromatic rings. The molecule has 0 saturated carbocycles. The van der Waals surface area contributed by atoms with Crippen molar-refractivity contribution in [2.75, 3.05) is 5.06 Å². The maximum atomic E-state index is 11.9. The summed E-state index contributed by atoms with van der Waals surface area (Å²) in [5.74, 6) is -0.173. The molecule has 18 heavy (non-hydrogen) atoms. The predicted octanol–water partition coefficient (Wildman–Crippen LogP) is 3.91. The molecule has 0 fully saturated rings. The minimum Gasteiger partial charge on any atom is -0.288 e. The lowest BCUT2D eigenvalue weighted by atomic mass is 10.1. The fraction of sp³-hybridized carbons (Fsp3) is 0. The van der Waals surface area contributed by atoms with Gasteiger partial charge in [0.2, 0.25) is 5.78 Å². The van der Waals surface area contributed by atoms with Gasteiger partial charge in [0.25, 0.3) is 0 Å². The minimum atomic E-state index is -0.173. The van der Waals surface area contributed by atoms with E-state index in [1.54, 1.807) is 36.4 Å². The molecule has 0 heterocycles. The fourth-order valence-electron chi connectivity index (χ4n) is 1.46. The zero-order valence-corrected chi connectivity index (χ0v) is 12.3. The third-order valence-corrected chi connectivity index (χ3v) is 3.37. The molecule has 5 heteroatoms. The van der Waals surface area contributed by atoms with Gasteiger partial charge in [-0.3, -0.25) is 10.0 Å². The van der Waals surface area contributed by atoms with Crippen molar-refractivity contribution in [3.8, 4) is 0 Å². The molecular formula is C13H9Br2NO2. The highest BCUT2D eigenvalue weighted by atomic mass is 79.9. The van der Waals surface area contributed by atoms with Crippen LogP contribution >= 0.6 is 31.9 Å². The second-order valence-electron chi connectivity index (χ2n) is 3.62. The number of benzene rings is 1. The van der Waals surface area contributed by atoms with E-state index in [-0.39, 0.29) is 5.78 Å². The third kappa shape index (κ3) is 2.98. The number of hydrogen-bond donors (Lipinski definition) is 1. The zero-order valence-electron chi connectivity index (χ0n) is 9.18. The normalized spacial score (nSPS) is 17.5. The number of carbonyl (C=O) groups is 1. The highest BCUT2D eigenvalue weighted by Gasteiger charge is 2.17. The Morgan fingerprint density at radius 2 is 1.78 bits per heavy atom. The minimum absolute atomic E-state index is 0.173. The van der Waals surface area contributed by atoms with Gasteiger partial charge in [-0.25, -0.2) is 5.06 Å². The molecule has 0 aliphatic heterocycles. The van der Waals surface area contributed by atoms with Crippen molar-refractivity contribution in [1.29, 1.82) is 0 Å². The van der Waals surface area contributed by atoms with E-state index in [4.69, 9.17) is 0 Å². The largest absolute Gasteiger partial charge is 0.288 e. The Kier molecular flexibility index (Phi) is 4.16. The van der Waals surface area contributed by atoms with E-state index in [9.17, 15) is 10.0 Å². The summed E-state index contributed by atoms with van der Waals surface area (Å²) in [4.78, 5) is 11.9. The lowest BCUT2D eigenvalue weighted by Crippen LogP contribution is -2.14. The van der Waals surface area contributed by atoms with Crippen LogP contribution in [0.1, 0.15) is 0 Å². The number of para-hydroxylation sites is 1. The van der Waals surface area contributed by atoms with E-state index in [2.05, 4.69) is 31.9 Å². The summed E-state index contributed by atoms with van der Waals surface area (Å²) in [5, 5.41) is 10.8. The monoisotopic (exact) mass is 369 g/mol. The van der Waals surface area contributed by atoms with Gasteiger partial charge in [0.1, 0.15) is 0 Å². The lowest BCUT2D eigenvalue weighted by molar-refractivity contribution is -0.111. The molecule has 92 valence electrons. The molecule has 0 bridgehead atoms. The van der Waals surface area contributed by atoms with E-state index in [1.807, 2.05) is 6.07 Å². The average Bonchev–Trinajstić information content (AvgIpc) is 2.36. The first-order valence-corrected chi connectivity index (χ1v) is 6.70. The maximum Gasteiger partial charge on any atom is 0.201 e. The van der Waals surface area contributed by atoms with Gasteiger partial charge < -0.3 is 0 Å². The number of anilines is 1. The molecule has 2 rings (SSSR count). The van der Waals surface area contributed by atoms with Crippen molar-refractivity contribution in [2.45, 2.75) is 0 Å². The predicted molar refractivity (Wildman–Crippen MR) is 77.8 cm³/mol. The first kappa shape index (κ1) is 13.3. The highest BCUT2D eigenvalue weighted by Crippen LogP contribution is 2.26. The number of rotatable bonds is 2. The van der Waals surface area contributed by atoms with Gasteiger partial charge >= 0.3 is 0 Å². The van der Waals surface area contributed by atoms with E-state index < -0.39 is 0 Å². The third-order valence-electron chi connectivity index (χ3n) is 2.32. The van der Waals surface area contributed by atoms with Gasteiger partial charge in [0.05, 0.1) is 10.2 Å². The number of allylic oxidation sites excluding steroid dienone is 5. The molecule has 0 spiro atoms. The number of ketones is 1. The second kappa shape index (κ2) is 5.65. The number of hydrogen-bond acceptors (Lipinski definition) is 3. The summed E-state index contributed by atoms with van der Waals surface area (Å²) < 4.78 is 1.21. The van der Waals surface area contributed by atoms with Crippen LogP contribution in [0.25, 0.3) is 0 Å². The first-order chi connectivity index (χ1) is 8.58. The van der Waals surface area contributed by atoms with Crippen LogP contribution in [-0.4, -0.2) is 11.0 Å². The molecule has 3 nitrogen and oxygen atoms in total. The Bertz CT molecular complexity index is 562. The van der Waals surface area contributed by atoms with Gasteiger partial charge in [-0.2, -0.15) is 0 Å². The standard InChI is InChI=1S/C13H9Br2NO2/c14-10-6-9(13(17)12(15)7-10)8-16(18)11-4-2-1-3-5-11/h1-8,18H. The van der Waals surface area contributed by atoms with Crippen LogP contribution in [0.4, 0.5) is 5.69 Å². The number of Topliss-reactive ketones (excluding diaryl/α,β-unsaturated/α-hetero) is 1. The molecule has 0 aromatic heterocycles. The molecule has 1 aromatic carbocycles. The highest BCUT2D eigenvalue weighted by molar-refractivity contribution is 9.12. The summed E-state index contributed by atoms with van der Waals surface area (Å²) in [5.41, 5.74) is 0.982. The number of halogens is 2. The summed E-state index contributed by atoms with van der Waals surface area (Å²) in [6.07, 6.45) is 4.70. The molecule has 0 unspecified atom stereocenters. The van der Waals surface area contributed by atoms with Crippen molar-refractivity contribution in [3.63, 3.8) is 0 Å². The summed E-state index contributed by atoms with van der Waals surface area (Å²) >= 11 is 6.48. The van der Waals surface area contributed by atoms with Crippen LogP contribution < -0.4 is 5.06 Å². The summed E-state index contributed by atoms with van der Waals surface area (Å²) in [7, 11) is 0. The smallest absolute Gasteiger partial charge is 0.201 e. The van der Waals surface area contributed by atoms with Crippen LogP contribution in [0.3, 0.4) is 0 Å². The van der Waals surface area contributed by atoms with Gasteiger partial charge in [-0.05, 0) is 40.2 Å². The van der Waals surface area contributed by atoms with Gasteiger partial charge in [0.15, 0.2) is 0 Å². The van der Waals surface area contributed by atoms with Crippen LogP contribution in [-0.2, 0) is 4.79 Å². The fourth-order valence-corrected chi connectivity index (χ4v) is 2.72. The second-order valence-corrected chi connectivity index (χ2v) is 5.39. The Balaban J connectivity index is 2.29. The lowest BCUT2D eigenvalue weighted by Gasteiger charge is -2.14. The van der Waals surface area contributed by atoms with Crippen molar-refractivity contribution in [1.82, 2.24) is 0 Å². The van der Waals surface area contributed by atoms with Gasteiger partial charge in [0, 0.05) is 16.3 Å². The van der Waals surface area contributed by atoms with Crippen LogP contribution in [0, 0.1) is 0 Å². The van der Waals surface area contributed by atoms with Crippen LogP contribution in [0.15, 0.2) is 63.2 Å². The zero-order chi connectivity index (χ0) is 13.1. The van der Waals surface area contributed by atoms with Crippen molar-refractivity contribution < 1.29 is 10.0 Å². The average molecular weight is 371 g/mol. The maximum absolute atomic E-state index is 11.9. The first-order valence-electron chi connectivity index (χ1n) is 5.12. The van der Waals surface area contributed by atoms with E-state index in [0.29, 0.717) is 15.7 Å². The van der Waals surface area contributed by atoms with Gasteiger partial charge in [-0.1, -0.05) is 34.1 Å². The van der Waals surface area contributed by atoms with E-state index >= 15 is 0 Å². The van der Waals surface area contributed by atoms with Crippen molar-refractivity contribution >= 4 is 43.3 Å². The van der Waals surface area contributed by atoms with Crippen molar-refractivity contribution in [3.05, 3.63) is 63.2 Å². The molecule has 0 radical (unpaired) electrons. The number of hydroxylamine groups is 1. The SMILES string of the molecule is O=C1C(Br)=CC(Br)=CC1=CN(O)c1ccccc1. The van der Waals surface area contributed by atoms with Crippen molar-refractivity contribution in [2.24, 2.45) is 0 Å². The molecule has 1 N–H and O–H groups in total. The van der Waals surface area contributed by atoms with E-state index in [1.165, 1.54) is 6.20 Å². The molecule has 1 aliphatic rings. The number of nitrogens with zero attached hydrogens (tertiary/aromatic N) is 1. The summed E-state index contributed by atoms with van der Waals surface area (Å²) in [6, 6.07) is 8.96. The quantitative estimate of drug-likeness (QED) is 0.633. The molecular weight excluding hydrogens is 362 g/mol. The summed E-state index contributed by atoms with van der Waals surface area (Å²) in [6.45, 7) is 0. The Morgan fingerprint density at radius 3 is 2.44 bits per heavy atom. The van der Waals surface area contributed by atoms with Crippen LogP contribution in [0.2, 0.25) is 0 Å². The number of carbonyl (C=O) groups excluding carboxylic acids is 1. The van der Waals surface area contributed by atoms with Gasteiger partial charge in [-0.15, -0.1) is 0 Å². The topological polar surface area (TPSA) is 40.5 Å². The Morgan fingerprint density at radius 1 is 1.11 bits per heavy atom. The molecule has 0 saturated heterocycles. The molecule has 0 atom stereocenters.